The van der Waals surface area contributed by atoms with E-state index < -0.39 is 62.7 Å². The van der Waals surface area contributed by atoms with Gasteiger partial charge in [0.2, 0.25) is 5.78 Å². The number of benzene rings is 2. The molecular formula is C33H34O8. The number of aliphatic hydroxyl groups is 3. The van der Waals surface area contributed by atoms with Gasteiger partial charge in [-0.15, -0.1) is 0 Å². The van der Waals surface area contributed by atoms with Crippen molar-refractivity contribution in [1.29, 1.82) is 0 Å². The molecule has 0 saturated heterocycles. The Labute approximate surface area is 238 Å². The Balaban J connectivity index is 1.79. The number of rotatable bonds is 4. The van der Waals surface area contributed by atoms with Crippen molar-refractivity contribution in [3.05, 3.63) is 70.0 Å². The van der Waals surface area contributed by atoms with Gasteiger partial charge in [-0.25, -0.2) is 0 Å². The quantitative estimate of drug-likeness (QED) is 0.301. The van der Waals surface area contributed by atoms with Gasteiger partial charge < -0.3 is 20.4 Å². The van der Waals surface area contributed by atoms with Crippen molar-refractivity contribution in [2.45, 2.75) is 60.0 Å². The van der Waals surface area contributed by atoms with E-state index in [9.17, 15) is 39.6 Å². The first-order valence-corrected chi connectivity index (χ1v) is 13.7. The minimum Gasteiger partial charge on any atom is -0.508 e. The molecule has 4 N–H and O–H groups in total. The van der Waals surface area contributed by atoms with Crippen LogP contribution in [0.3, 0.4) is 0 Å². The molecule has 41 heavy (non-hydrogen) atoms. The second-order valence-electron chi connectivity index (χ2n) is 12.6. The Kier molecular flexibility index (Phi) is 6.24. The van der Waals surface area contributed by atoms with Crippen molar-refractivity contribution in [1.82, 2.24) is 0 Å². The third kappa shape index (κ3) is 3.63. The summed E-state index contributed by atoms with van der Waals surface area (Å²) in [5, 5.41) is 45.9. The average Bonchev–Trinajstić information content (AvgIpc) is 2.86. The molecular weight excluding hydrogens is 524 g/mol. The number of carbonyl (C=O) groups is 4. The minimum absolute atomic E-state index is 0.0171. The van der Waals surface area contributed by atoms with Crippen molar-refractivity contribution < 1.29 is 39.6 Å². The van der Waals surface area contributed by atoms with Gasteiger partial charge in [0.15, 0.2) is 23.0 Å². The van der Waals surface area contributed by atoms with Crippen LogP contribution in [0.5, 0.6) is 5.75 Å². The maximum atomic E-state index is 14.4. The van der Waals surface area contributed by atoms with E-state index in [0.717, 1.165) is 12.5 Å². The van der Waals surface area contributed by atoms with E-state index in [4.69, 9.17) is 0 Å². The number of carbonyl (C=O) groups excluding carboxylic acids is 4. The summed E-state index contributed by atoms with van der Waals surface area (Å²) in [5.74, 6) is -5.63. The molecule has 8 nitrogen and oxygen atoms in total. The monoisotopic (exact) mass is 558 g/mol. The standard InChI is InChI=1S/C33H34O8/c1-15(2)25-27(37)23(17(4)35)29(39)33(41)30(40)26-28(38)24-21(13-31(26,5)14-32(25,33)6)20(11-12-22(24)36)19-9-7-18(8-10-19)16(3)34/h7-12,15,25,36,38-39,41H,13-14H2,1-6H3/t25?,31-,32-,33+/m1/s1. The summed E-state index contributed by atoms with van der Waals surface area (Å²) >= 11 is 0. The van der Waals surface area contributed by atoms with Crippen LogP contribution in [0, 0.1) is 22.7 Å². The van der Waals surface area contributed by atoms with Crippen LogP contribution < -0.4 is 0 Å². The van der Waals surface area contributed by atoms with Crippen LogP contribution in [-0.2, 0) is 20.8 Å². The highest BCUT2D eigenvalue weighted by molar-refractivity contribution is 6.24. The number of phenols is 1. The van der Waals surface area contributed by atoms with Crippen LogP contribution >= 0.6 is 0 Å². The number of ketones is 4. The van der Waals surface area contributed by atoms with E-state index in [-0.39, 0.29) is 35.5 Å². The third-order valence-electron chi connectivity index (χ3n) is 9.49. The summed E-state index contributed by atoms with van der Waals surface area (Å²) in [5.41, 5.74) is -3.50. The maximum Gasteiger partial charge on any atom is 0.203 e. The number of aliphatic hydroxyl groups excluding tert-OH is 2. The first-order valence-electron chi connectivity index (χ1n) is 13.7. The summed E-state index contributed by atoms with van der Waals surface area (Å²) in [6.45, 7) is 9.44. The zero-order chi connectivity index (χ0) is 30.4. The van der Waals surface area contributed by atoms with Gasteiger partial charge in [0, 0.05) is 27.9 Å². The first kappa shape index (κ1) is 28.5. The van der Waals surface area contributed by atoms with Crippen molar-refractivity contribution in [2.24, 2.45) is 22.7 Å². The fraction of sp³-hybridized carbons (Fsp3) is 0.394. The first-order chi connectivity index (χ1) is 19.0. The molecule has 1 unspecified atom stereocenters. The smallest absolute Gasteiger partial charge is 0.203 e. The molecule has 0 bridgehead atoms. The van der Waals surface area contributed by atoms with Gasteiger partial charge in [-0.2, -0.15) is 0 Å². The van der Waals surface area contributed by atoms with Crippen LogP contribution in [0.15, 0.2) is 53.3 Å². The zero-order valence-corrected chi connectivity index (χ0v) is 24.0. The number of aromatic hydroxyl groups is 1. The lowest BCUT2D eigenvalue weighted by molar-refractivity contribution is -0.178. The molecule has 0 amide bonds. The summed E-state index contributed by atoms with van der Waals surface area (Å²) in [7, 11) is 0. The number of hydrogen-bond acceptors (Lipinski definition) is 8. The normalized spacial score (nSPS) is 29.3. The maximum absolute atomic E-state index is 14.4. The lowest BCUT2D eigenvalue weighted by atomic mass is 9.43. The summed E-state index contributed by atoms with van der Waals surface area (Å²) in [4.78, 5) is 52.3. The fourth-order valence-electron chi connectivity index (χ4n) is 7.87. The molecule has 8 heteroatoms. The highest BCUT2D eigenvalue weighted by Crippen LogP contribution is 2.65. The number of fused-ring (bicyclic) bond motifs is 3. The molecule has 0 spiro atoms. The second kappa shape index (κ2) is 8.98. The summed E-state index contributed by atoms with van der Waals surface area (Å²) < 4.78 is 0. The number of hydrogen-bond donors (Lipinski definition) is 4. The number of phenolic OH excluding ortho intramolecular Hbond substituents is 1. The highest BCUT2D eigenvalue weighted by atomic mass is 16.3. The van der Waals surface area contributed by atoms with E-state index in [1.165, 1.54) is 13.0 Å². The Bertz CT molecular complexity index is 1620. The van der Waals surface area contributed by atoms with Crippen LogP contribution in [0.25, 0.3) is 16.9 Å². The highest BCUT2D eigenvalue weighted by Gasteiger charge is 2.72. The Morgan fingerprint density at radius 3 is 2.07 bits per heavy atom. The molecule has 3 aliphatic carbocycles. The number of Topliss-reactive ketones (excluding diaryl/α,β-unsaturated/α-hetero) is 4. The van der Waals surface area contributed by atoms with Crippen molar-refractivity contribution >= 4 is 28.9 Å². The second-order valence-corrected chi connectivity index (χ2v) is 12.6. The number of allylic oxidation sites excluding steroid dienone is 1. The van der Waals surface area contributed by atoms with Gasteiger partial charge in [0.05, 0.1) is 5.56 Å². The average molecular weight is 559 g/mol. The molecule has 1 fully saturated rings. The van der Waals surface area contributed by atoms with Crippen molar-refractivity contribution in [2.75, 3.05) is 0 Å². The minimum atomic E-state index is -2.65. The predicted octanol–water partition coefficient (Wildman–Crippen LogP) is 5.06. The predicted molar refractivity (Wildman–Crippen MR) is 151 cm³/mol. The van der Waals surface area contributed by atoms with E-state index in [0.29, 0.717) is 16.7 Å². The SMILES string of the molecule is CC(=O)C1=C(O)[C@]2(O)C(=O)C3=C(O)c4c(O)ccc(-c5ccc(C(C)=O)cc5)c4C[C@]3(C)C[C@]2(C)C(C(C)C)C1=O. The van der Waals surface area contributed by atoms with Gasteiger partial charge in [0.1, 0.15) is 22.8 Å². The molecule has 2 aromatic rings. The van der Waals surface area contributed by atoms with Crippen LogP contribution in [0.2, 0.25) is 0 Å². The molecule has 0 aliphatic heterocycles. The molecule has 1 saturated carbocycles. The van der Waals surface area contributed by atoms with Crippen molar-refractivity contribution in [3.63, 3.8) is 0 Å². The van der Waals surface area contributed by atoms with Crippen molar-refractivity contribution in [3.8, 4) is 16.9 Å². The van der Waals surface area contributed by atoms with Crippen LogP contribution in [0.1, 0.15) is 69.4 Å². The van der Waals surface area contributed by atoms with E-state index in [1.807, 2.05) is 0 Å². The largest absolute Gasteiger partial charge is 0.508 e. The van der Waals surface area contributed by atoms with E-state index in [2.05, 4.69) is 0 Å². The molecule has 0 aromatic heterocycles. The molecule has 0 heterocycles. The van der Waals surface area contributed by atoms with Gasteiger partial charge in [-0.05, 0) is 55.4 Å². The third-order valence-corrected chi connectivity index (χ3v) is 9.49. The van der Waals surface area contributed by atoms with Gasteiger partial charge in [0.25, 0.3) is 0 Å². The topological polar surface area (TPSA) is 149 Å². The molecule has 5 rings (SSSR count). The fourth-order valence-corrected chi connectivity index (χ4v) is 7.87. The Hall–Kier alpha value is -4.04. The molecule has 2 aromatic carbocycles. The molecule has 3 aliphatic rings. The Morgan fingerprint density at radius 1 is 0.927 bits per heavy atom. The molecule has 4 atom stereocenters. The van der Waals surface area contributed by atoms with Gasteiger partial charge in [-0.1, -0.05) is 58.0 Å². The summed E-state index contributed by atoms with van der Waals surface area (Å²) in [6, 6.07) is 10.0. The Morgan fingerprint density at radius 2 is 1.54 bits per heavy atom. The van der Waals surface area contributed by atoms with E-state index in [1.54, 1.807) is 58.0 Å². The van der Waals surface area contributed by atoms with Gasteiger partial charge in [-0.3, -0.25) is 19.2 Å². The summed E-state index contributed by atoms with van der Waals surface area (Å²) in [6.07, 6.45) is 0.184. The lowest BCUT2D eigenvalue weighted by Crippen LogP contribution is -2.69. The van der Waals surface area contributed by atoms with Crippen LogP contribution in [0.4, 0.5) is 0 Å². The van der Waals surface area contributed by atoms with E-state index >= 15 is 0 Å². The molecule has 0 radical (unpaired) electrons. The molecule has 214 valence electrons. The lowest BCUT2D eigenvalue weighted by Gasteiger charge is -2.59. The zero-order valence-electron chi connectivity index (χ0n) is 24.0. The van der Waals surface area contributed by atoms with Crippen LogP contribution in [-0.4, -0.2) is 49.2 Å². The van der Waals surface area contributed by atoms with Gasteiger partial charge >= 0.3 is 0 Å².